The summed E-state index contributed by atoms with van der Waals surface area (Å²) in [6, 6.07) is 7.29. The topological polar surface area (TPSA) is 49.7 Å². The molecule has 1 aliphatic heterocycles. The maximum absolute atomic E-state index is 11.5. The summed E-state index contributed by atoms with van der Waals surface area (Å²) < 4.78 is 0. The quantitative estimate of drug-likeness (QED) is 0.535. The Bertz CT molecular complexity index is 560. The number of nitrogens with zero attached hydrogens (tertiary/aromatic N) is 2. The van der Waals surface area contributed by atoms with Gasteiger partial charge in [0.25, 0.3) is 0 Å². The maximum Gasteiger partial charge on any atom is 0.238 e. The number of hydrogen-bond donors (Lipinski definition) is 0. The molecule has 0 aliphatic carbocycles. The lowest BCUT2D eigenvalue weighted by atomic mass is 10.3. The van der Waals surface area contributed by atoms with E-state index in [1.54, 1.807) is 12.1 Å². The maximum atomic E-state index is 11.5. The van der Waals surface area contributed by atoms with Crippen LogP contribution in [0.15, 0.2) is 29.3 Å². The summed E-state index contributed by atoms with van der Waals surface area (Å²) in [6.45, 7) is 2.58. The molecule has 1 aromatic rings. The summed E-state index contributed by atoms with van der Waals surface area (Å²) >= 11 is 6.25. The van der Waals surface area contributed by atoms with Crippen molar-refractivity contribution in [3.05, 3.63) is 34.8 Å². The van der Waals surface area contributed by atoms with Gasteiger partial charge in [-0.3, -0.25) is 9.59 Å². The Balaban J connectivity index is 2.58. The number of alkyl halides is 1. The fourth-order valence-electron chi connectivity index (χ4n) is 1.89. The third kappa shape index (κ3) is 1.96. The number of amides is 2. The largest absolute Gasteiger partial charge is 0.275 e. The zero-order valence-electron chi connectivity index (χ0n) is 9.48. The Morgan fingerprint density at radius 2 is 1.82 bits per heavy atom. The molecule has 0 bridgehead atoms. The van der Waals surface area contributed by atoms with E-state index in [0.29, 0.717) is 5.36 Å². The summed E-state index contributed by atoms with van der Waals surface area (Å²) in [5, 5.41) is 0.0615. The Hall–Kier alpha value is -1.68. The average Bonchev–Trinajstić information content (AvgIpc) is 2.52. The lowest BCUT2D eigenvalue weighted by Gasteiger charge is -2.28. The molecule has 88 valence electrons. The molecular weight excluding hydrogens is 240 g/mol. The van der Waals surface area contributed by atoms with E-state index in [1.807, 2.05) is 18.2 Å². The zero-order chi connectivity index (χ0) is 12.6. The van der Waals surface area contributed by atoms with E-state index >= 15 is 0 Å². The molecule has 1 aromatic carbocycles. The van der Waals surface area contributed by atoms with Crippen LogP contribution < -0.4 is 10.6 Å². The summed E-state index contributed by atoms with van der Waals surface area (Å²) in [7, 11) is 0. The highest BCUT2D eigenvalue weighted by atomic mass is 35.5. The number of imide groups is 1. The molecule has 0 saturated carbocycles. The lowest BCUT2D eigenvalue weighted by Crippen LogP contribution is -2.46. The van der Waals surface area contributed by atoms with Gasteiger partial charge in [-0.1, -0.05) is 29.8 Å². The molecule has 17 heavy (non-hydrogen) atoms. The van der Waals surface area contributed by atoms with Gasteiger partial charge in [0.05, 0.1) is 5.36 Å². The molecule has 0 N–H and O–H groups in total. The number of halogens is 1. The Morgan fingerprint density at radius 1 is 1.24 bits per heavy atom. The zero-order valence-corrected chi connectivity index (χ0v) is 10.2. The number of rotatable bonds is 1. The molecule has 2 amide bonds. The number of para-hydroxylation sites is 1. The standard InChI is InChI=1S/C12H11ClN2O2/c1-8(16)15(9(2)17)12(13)7-10-5-3-4-6-11(10)14-12/h3-7H,1-2H3. The molecule has 4 nitrogen and oxygen atoms in total. The Morgan fingerprint density at radius 3 is 2.35 bits per heavy atom. The van der Waals surface area contributed by atoms with Crippen molar-refractivity contribution in [2.24, 2.45) is 4.99 Å². The fourth-order valence-corrected chi connectivity index (χ4v) is 2.34. The smallest absolute Gasteiger partial charge is 0.238 e. The first kappa shape index (κ1) is 11.8. The van der Waals surface area contributed by atoms with Crippen molar-refractivity contribution in [3.8, 4) is 0 Å². The summed E-state index contributed by atoms with van der Waals surface area (Å²) in [4.78, 5) is 28.1. The molecule has 0 spiro atoms. The van der Waals surface area contributed by atoms with E-state index in [0.717, 1.165) is 10.1 Å². The van der Waals surface area contributed by atoms with Gasteiger partial charge in [-0.25, -0.2) is 9.89 Å². The molecule has 1 unspecified atom stereocenters. The predicted molar refractivity (Wildman–Crippen MR) is 63.5 cm³/mol. The Kier molecular flexibility index (Phi) is 2.75. The average molecular weight is 251 g/mol. The van der Waals surface area contributed by atoms with Crippen LogP contribution in [0.3, 0.4) is 0 Å². The first-order valence-electron chi connectivity index (χ1n) is 5.12. The molecule has 1 aliphatic rings. The molecule has 1 atom stereocenters. The summed E-state index contributed by atoms with van der Waals surface area (Å²) in [5.41, 5.74) is 0. The van der Waals surface area contributed by atoms with Gasteiger partial charge < -0.3 is 0 Å². The van der Waals surface area contributed by atoms with E-state index in [1.165, 1.54) is 13.8 Å². The van der Waals surface area contributed by atoms with E-state index in [9.17, 15) is 9.59 Å². The van der Waals surface area contributed by atoms with Crippen molar-refractivity contribution < 1.29 is 9.59 Å². The van der Waals surface area contributed by atoms with Crippen molar-refractivity contribution in [2.45, 2.75) is 19.0 Å². The van der Waals surface area contributed by atoms with Crippen LogP contribution in [0.25, 0.3) is 6.08 Å². The van der Waals surface area contributed by atoms with Crippen LogP contribution in [0.5, 0.6) is 0 Å². The van der Waals surface area contributed by atoms with Gasteiger partial charge in [0, 0.05) is 19.1 Å². The minimum absolute atomic E-state index is 0.430. The second-order valence-electron chi connectivity index (χ2n) is 3.82. The molecule has 0 fully saturated rings. The second-order valence-corrected chi connectivity index (χ2v) is 4.38. The molecule has 0 aromatic heterocycles. The first-order valence-corrected chi connectivity index (χ1v) is 5.50. The van der Waals surface area contributed by atoms with Gasteiger partial charge in [0.1, 0.15) is 0 Å². The predicted octanol–water partition coefficient (Wildman–Crippen LogP) is 0.388. The number of hydrogen-bond acceptors (Lipinski definition) is 3. The third-order valence-corrected chi connectivity index (χ3v) is 2.86. The van der Waals surface area contributed by atoms with Crippen LogP contribution in [0.1, 0.15) is 13.8 Å². The fraction of sp³-hybridized carbons (Fsp3) is 0.250. The highest BCUT2D eigenvalue weighted by Gasteiger charge is 2.38. The van der Waals surface area contributed by atoms with Gasteiger partial charge >= 0.3 is 0 Å². The van der Waals surface area contributed by atoms with Gasteiger partial charge in [-0.15, -0.1) is 0 Å². The molecule has 2 rings (SSSR count). The second kappa shape index (κ2) is 3.96. The summed E-state index contributed by atoms with van der Waals surface area (Å²) in [5.74, 6) is -0.861. The molecule has 0 saturated heterocycles. The van der Waals surface area contributed by atoms with Crippen LogP contribution in [0.2, 0.25) is 0 Å². The van der Waals surface area contributed by atoms with Crippen LogP contribution in [-0.2, 0) is 9.59 Å². The van der Waals surface area contributed by atoms with Gasteiger partial charge in [0.2, 0.25) is 16.9 Å². The number of benzene rings is 1. The monoisotopic (exact) mass is 250 g/mol. The normalized spacial score (nSPS) is 21.1. The lowest BCUT2D eigenvalue weighted by molar-refractivity contribution is -0.144. The van der Waals surface area contributed by atoms with Crippen LogP contribution in [0.4, 0.5) is 0 Å². The van der Waals surface area contributed by atoms with Crippen molar-refractivity contribution >= 4 is 29.5 Å². The van der Waals surface area contributed by atoms with Crippen molar-refractivity contribution in [3.63, 3.8) is 0 Å². The third-order valence-electron chi connectivity index (χ3n) is 2.50. The Labute approximate surface area is 103 Å². The number of carbonyl (C=O) groups is 2. The molecule has 5 heteroatoms. The minimum Gasteiger partial charge on any atom is -0.275 e. The van der Waals surface area contributed by atoms with Gasteiger partial charge in [-0.2, -0.15) is 0 Å². The van der Waals surface area contributed by atoms with E-state index in [2.05, 4.69) is 4.99 Å². The van der Waals surface area contributed by atoms with E-state index < -0.39 is 16.9 Å². The summed E-state index contributed by atoms with van der Waals surface area (Å²) in [6.07, 6.45) is 1.60. The highest BCUT2D eigenvalue weighted by molar-refractivity contribution is 6.29. The highest BCUT2D eigenvalue weighted by Crippen LogP contribution is 2.26. The van der Waals surface area contributed by atoms with Crippen LogP contribution >= 0.6 is 11.6 Å². The van der Waals surface area contributed by atoms with Gasteiger partial charge in [0.15, 0.2) is 0 Å². The van der Waals surface area contributed by atoms with E-state index in [4.69, 9.17) is 11.6 Å². The van der Waals surface area contributed by atoms with Crippen molar-refractivity contribution in [1.29, 1.82) is 0 Å². The molecule has 1 heterocycles. The number of carbonyl (C=O) groups excluding carboxylic acids is 2. The van der Waals surface area contributed by atoms with Crippen LogP contribution in [-0.4, -0.2) is 21.8 Å². The van der Waals surface area contributed by atoms with Crippen molar-refractivity contribution in [2.75, 3.05) is 0 Å². The first-order chi connectivity index (χ1) is 7.94. The van der Waals surface area contributed by atoms with Crippen molar-refractivity contribution in [1.82, 2.24) is 4.90 Å². The van der Waals surface area contributed by atoms with Gasteiger partial charge in [-0.05, 0) is 12.1 Å². The van der Waals surface area contributed by atoms with Crippen LogP contribution in [0, 0.1) is 0 Å². The minimum atomic E-state index is -1.43. The SMILES string of the molecule is CC(=O)N(C(C)=O)C1(Cl)C=c2ccccc2=N1. The molecule has 0 radical (unpaired) electrons. The number of fused-ring (bicyclic) bond motifs is 1. The van der Waals surface area contributed by atoms with E-state index in [-0.39, 0.29) is 0 Å². The molecular formula is C12H11ClN2O2.